The number of aliphatic imine (C=N–C) groups is 1. The highest BCUT2D eigenvalue weighted by Gasteiger charge is 2.06. The molecule has 3 nitrogen and oxygen atoms in total. The fraction of sp³-hybridized carbons (Fsp3) is 0.136. The molecule has 0 heterocycles. The summed E-state index contributed by atoms with van der Waals surface area (Å²) in [4.78, 5) is 4.53. The summed E-state index contributed by atoms with van der Waals surface area (Å²) < 4.78 is 11.3. The first-order valence-electron chi connectivity index (χ1n) is 8.41. The van der Waals surface area contributed by atoms with Crippen molar-refractivity contribution in [2.24, 2.45) is 4.99 Å². The minimum atomic E-state index is 0.433. The Morgan fingerprint density at radius 3 is 2.48 bits per heavy atom. The summed E-state index contributed by atoms with van der Waals surface area (Å²) in [6, 6.07) is 18.9. The van der Waals surface area contributed by atoms with E-state index in [1.807, 2.05) is 67.6 Å². The van der Waals surface area contributed by atoms with Crippen LogP contribution in [-0.4, -0.2) is 13.3 Å². The van der Waals surface area contributed by atoms with E-state index in [1.54, 1.807) is 13.3 Å². The molecule has 0 aliphatic rings. The smallest absolute Gasteiger partial charge is 0.161 e. The van der Waals surface area contributed by atoms with Crippen molar-refractivity contribution in [2.45, 2.75) is 13.5 Å². The monoisotopic (exact) mass is 399 g/mol. The summed E-state index contributed by atoms with van der Waals surface area (Å²) in [7, 11) is 1.62. The minimum Gasteiger partial charge on any atom is -0.493 e. The van der Waals surface area contributed by atoms with Gasteiger partial charge in [0.2, 0.25) is 0 Å². The maximum Gasteiger partial charge on any atom is 0.161 e. The first-order chi connectivity index (χ1) is 13.1. The summed E-state index contributed by atoms with van der Waals surface area (Å²) in [6.07, 6.45) is 1.78. The molecule has 0 aromatic heterocycles. The Bertz CT molecular complexity index is 953. The second kappa shape index (κ2) is 8.94. The van der Waals surface area contributed by atoms with Gasteiger partial charge in [-0.1, -0.05) is 41.4 Å². The number of ether oxygens (including phenoxy) is 2. The van der Waals surface area contributed by atoms with Crippen molar-refractivity contribution < 1.29 is 9.47 Å². The summed E-state index contributed by atoms with van der Waals surface area (Å²) in [5.41, 5.74) is 3.73. The van der Waals surface area contributed by atoms with Crippen LogP contribution in [0.15, 0.2) is 65.7 Å². The molecule has 0 spiro atoms. The van der Waals surface area contributed by atoms with Gasteiger partial charge in [0.1, 0.15) is 6.61 Å². The van der Waals surface area contributed by atoms with Crippen LogP contribution in [0.25, 0.3) is 0 Å². The number of nitrogens with zero attached hydrogens (tertiary/aromatic N) is 1. The molecule has 0 amide bonds. The zero-order valence-electron chi connectivity index (χ0n) is 15.1. The molecule has 3 aromatic rings. The van der Waals surface area contributed by atoms with E-state index in [1.165, 1.54) is 0 Å². The molecule has 5 heteroatoms. The number of methoxy groups -OCH3 is 1. The van der Waals surface area contributed by atoms with Gasteiger partial charge < -0.3 is 9.47 Å². The van der Waals surface area contributed by atoms with Crippen LogP contribution < -0.4 is 9.47 Å². The molecule has 0 aliphatic carbocycles. The summed E-state index contributed by atoms with van der Waals surface area (Å²) >= 11 is 12.0. The lowest BCUT2D eigenvalue weighted by atomic mass is 10.2. The quantitative estimate of drug-likeness (QED) is 0.434. The lowest BCUT2D eigenvalue weighted by Crippen LogP contribution is -1.98. The molecule has 0 saturated heterocycles. The van der Waals surface area contributed by atoms with Crippen molar-refractivity contribution in [2.75, 3.05) is 7.11 Å². The Balaban J connectivity index is 1.74. The normalized spacial score (nSPS) is 11.0. The highest BCUT2D eigenvalue weighted by molar-refractivity contribution is 6.31. The second-order valence-corrected chi connectivity index (χ2v) is 6.81. The Kier molecular flexibility index (Phi) is 6.38. The van der Waals surface area contributed by atoms with Crippen LogP contribution in [-0.2, 0) is 6.61 Å². The van der Waals surface area contributed by atoms with Gasteiger partial charge in [-0.15, -0.1) is 0 Å². The number of halogens is 2. The van der Waals surface area contributed by atoms with Gasteiger partial charge in [0.05, 0.1) is 12.8 Å². The first-order valence-corrected chi connectivity index (χ1v) is 9.17. The average Bonchev–Trinajstić information content (AvgIpc) is 2.69. The van der Waals surface area contributed by atoms with Crippen molar-refractivity contribution in [3.63, 3.8) is 0 Å². The highest BCUT2D eigenvalue weighted by Crippen LogP contribution is 2.29. The number of hydrogen-bond donors (Lipinski definition) is 0. The van der Waals surface area contributed by atoms with Gasteiger partial charge >= 0.3 is 0 Å². The van der Waals surface area contributed by atoms with E-state index in [4.69, 9.17) is 32.7 Å². The lowest BCUT2D eigenvalue weighted by molar-refractivity contribution is 0.284. The molecular formula is C22H19Cl2NO2. The van der Waals surface area contributed by atoms with Crippen LogP contribution >= 0.6 is 23.2 Å². The van der Waals surface area contributed by atoms with Gasteiger partial charge in [0, 0.05) is 16.3 Å². The van der Waals surface area contributed by atoms with Gasteiger partial charge in [0.15, 0.2) is 11.5 Å². The van der Waals surface area contributed by atoms with Crippen LogP contribution in [0.1, 0.15) is 16.7 Å². The van der Waals surface area contributed by atoms with Crippen molar-refractivity contribution >= 4 is 35.1 Å². The molecule has 0 N–H and O–H groups in total. The van der Waals surface area contributed by atoms with E-state index in [0.29, 0.717) is 28.2 Å². The van der Waals surface area contributed by atoms with E-state index >= 15 is 0 Å². The zero-order chi connectivity index (χ0) is 19.2. The third-order valence-electron chi connectivity index (χ3n) is 4.09. The molecule has 0 unspecified atom stereocenters. The maximum absolute atomic E-state index is 6.14. The second-order valence-electron chi connectivity index (χ2n) is 5.97. The molecule has 27 heavy (non-hydrogen) atoms. The topological polar surface area (TPSA) is 30.8 Å². The average molecular weight is 400 g/mol. The Labute approximate surface area is 169 Å². The number of benzene rings is 3. The predicted molar refractivity (Wildman–Crippen MR) is 112 cm³/mol. The minimum absolute atomic E-state index is 0.433. The third-order valence-corrected chi connectivity index (χ3v) is 4.75. The van der Waals surface area contributed by atoms with Crippen LogP contribution in [0.3, 0.4) is 0 Å². The van der Waals surface area contributed by atoms with E-state index < -0.39 is 0 Å². The van der Waals surface area contributed by atoms with E-state index in [9.17, 15) is 0 Å². The van der Waals surface area contributed by atoms with Crippen LogP contribution in [0.4, 0.5) is 5.69 Å². The van der Waals surface area contributed by atoms with Crippen LogP contribution in [0.5, 0.6) is 11.5 Å². The van der Waals surface area contributed by atoms with Gasteiger partial charge in [0.25, 0.3) is 0 Å². The molecular weight excluding hydrogens is 381 g/mol. The molecule has 0 aliphatic heterocycles. The van der Waals surface area contributed by atoms with Crippen molar-refractivity contribution in [1.82, 2.24) is 0 Å². The van der Waals surface area contributed by atoms with Crippen LogP contribution in [0.2, 0.25) is 10.0 Å². The van der Waals surface area contributed by atoms with Crippen molar-refractivity contribution in [3.8, 4) is 11.5 Å². The van der Waals surface area contributed by atoms with Crippen molar-refractivity contribution in [1.29, 1.82) is 0 Å². The molecule has 0 saturated carbocycles. The summed E-state index contributed by atoms with van der Waals surface area (Å²) in [5.74, 6) is 1.32. The van der Waals surface area contributed by atoms with Crippen molar-refractivity contribution in [3.05, 3.63) is 87.4 Å². The SMILES string of the molecule is COc1cc(C=Nc2cccc(Cl)c2C)ccc1OCc1ccc(Cl)cc1. The molecule has 3 rings (SSSR count). The predicted octanol–water partition coefficient (Wildman–Crippen LogP) is 6.64. The van der Waals surface area contributed by atoms with Gasteiger partial charge in [-0.3, -0.25) is 4.99 Å². The Morgan fingerprint density at radius 1 is 0.963 bits per heavy atom. The van der Waals surface area contributed by atoms with E-state index in [-0.39, 0.29) is 0 Å². The third kappa shape index (κ3) is 5.03. The van der Waals surface area contributed by atoms with E-state index in [2.05, 4.69) is 4.99 Å². The van der Waals surface area contributed by atoms with Gasteiger partial charge in [-0.25, -0.2) is 0 Å². The Hall–Kier alpha value is -2.49. The molecule has 0 fully saturated rings. The van der Waals surface area contributed by atoms with Crippen LogP contribution in [0, 0.1) is 6.92 Å². The maximum atomic E-state index is 6.14. The molecule has 138 valence electrons. The Morgan fingerprint density at radius 2 is 1.74 bits per heavy atom. The molecule has 0 radical (unpaired) electrons. The molecule has 0 atom stereocenters. The molecule has 0 bridgehead atoms. The largest absolute Gasteiger partial charge is 0.493 e. The summed E-state index contributed by atoms with van der Waals surface area (Å²) in [6.45, 7) is 2.38. The standard InChI is InChI=1S/C22H19Cl2NO2/c1-15-19(24)4-3-5-20(15)25-13-17-8-11-21(22(12-17)26-2)27-14-16-6-9-18(23)10-7-16/h3-13H,14H2,1-2H3. The lowest BCUT2D eigenvalue weighted by Gasteiger charge is -2.11. The zero-order valence-corrected chi connectivity index (χ0v) is 16.6. The van der Waals surface area contributed by atoms with Gasteiger partial charge in [-0.05, 0) is 66.1 Å². The first kappa shape index (κ1) is 19.3. The fourth-order valence-corrected chi connectivity index (χ4v) is 2.80. The summed E-state index contributed by atoms with van der Waals surface area (Å²) in [5, 5.41) is 1.41. The van der Waals surface area contributed by atoms with E-state index in [0.717, 1.165) is 22.4 Å². The van der Waals surface area contributed by atoms with Gasteiger partial charge in [-0.2, -0.15) is 0 Å². The molecule has 3 aromatic carbocycles. The number of hydrogen-bond acceptors (Lipinski definition) is 3. The number of rotatable bonds is 6. The highest BCUT2D eigenvalue weighted by atomic mass is 35.5. The fourth-order valence-electron chi connectivity index (χ4n) is 2.51.